The minimum Gasteiger partial charge on any atom is -0.398 e. The molecule has 0 aliphatic carbocycles. The molecule has 0 atom stereocenters. The summed E-state index contributed by atoms with van der Waals surface area (Å²) in [7, 11) is 0. The molecule has 0 aliphatic rings. The van der Waals surface area contributed by atoms with Gasteiger partial charge in [0.1, 0.15) is 0 Å². The lowest BCUT2D eigenvalue weighted by atomic mass is 10.1. The van der Waals surface area contributed by atoms with E-state index in [1.165, 1.54) is 5.56 Å². The SMILES string of the molecule is CCc1ccc(N)c(C=CCS)c1. The topological polar surface area (TPSA) is 26.0 Å². The maximum atomic E-state index is 5.81. The van der Waals surface area contributed by atoms with Crippen LogP contribution in [0.4, 0.5) is 5.69 Å². The Morgan fingerprint density at radius 3 is 2.85 bits per heavy atom. The van der Waals surface area contributed by atoms with Crippen molar-refractivity contribution in [1.29, 1.82) is 0 Å². The summed E-state index contributed by atoms with van der Waals surface area (Å²) in [6.45, 7) is 2.14. The van der Waals surface area contributed by atoms with Crippen molar-refractivity contribution in [2.24, 2.45) is 0 Å². The normalized spacial score (nSPS) is 10.9. The van der Waals surface area contributed by atoms with E-state index in [1.54, 1.807) is 0 Å². The molecule has 0 spiro atoms. The monoisotopic (exact) mass is 193 g/mol. The predicted octanol–water partition coefficient (Wildman–Crippen LogP) is 2.77. The van der Waals surface area contributed by atoms with Gasteiger partial charge in [-0.3, -0.25) is 0 Å². The van der Waals surface area contributed by atoms with E-state index in [-0.39, 0.29) is 0 Å². The molecule has 1 rings (SSSR count). The van der Waals surface area contributed by atoms with Gasteiger partial charge in [0.05, 0.1) is 0 Å². The molecule has 13 heavy (non-hydrogen) atoms. The number of thiol groups is 1. The van der Waals surface area contributed by atoms with Gasteiger partial charge >= 0.3 is 0 Å². The quantitative estimate of drug-likeness (QED) is 0.560. The van der Waals surface area contributed by atoms with Gasteiger partial charge in [-0.05, 0) is 29.7 Å². The van der Waals surface area contributed by atoms with E-state index in [0.717, 1.165) is 23.4 Å². The number of rotatable bonds is 3. The van der Waals surface area contributed by atoms with Crippen LogP contribution in [0.1, 0.15) is 18.1 Å². The van der Waals surface area contributed by atoms with Gasteiger partial charge in [0.25, 0.3) is 0 Å². The molecule has 0 unspecified atom stereocenters. The van der Waals surface area contributed by atoms with Crippen molar-refractivity contribution in [3.05, 3.63) is 35.4 Å². The average Bonchev–Trinajstić information content (AvgIpc) is 2.17. The Kier molecular flexibility index (Phi) is 3.90. The van der Waals surface area contributed by atoms with Crippen LogP contribution in [0.15, 0.2) is 24.3 Å². The highest BCUT2D eigenvalue weighted by Gasteiger charge is 1.95. The summed E-state index contributed by atoms with van der Waals surface area (Å²) in [5.41, 5.74) is 9.04. The predicted molar refractivity (Wildman–Crippen MR) is 63.1 cm³/mol. The van der Waals surface area contributed by atoms with Crippen LogP contribution >= 0.6 is 12.6 Å². The Hall–Kier alpha value is -0.890. The molecule has 2 N–H and O–H groups in total. The molecule has 70 valence electrons. The third-order valence-electron chi connectivity index (χ3n) is 1.96. The molecule has 0 radical (unpaired) electrons. The van der Waals surface area contributed by atoms with Gasteiger partial charge in [0, 0.05) is 11.4 Å². The lowest BCUT2D eigenvalue weighted by Gasteiger charge is -2.02. The molecule has 0 aromatic heterocycles. The van der Waals surface area contributed by atoms with Crippen LogP contribution in [-0.4, -0.2) is 5.75 Å². The standard InChI is InChI=1S/C11H15NS/c1-2-9-5-6-11(12)10(8-9)4-3-7-13/h3-6,8,13H,2,7,12H2,1H3. The molecule has 0 aliphatic heterocycles. The first-order valence-corrected chi connectivity index (χ1v) is 5.07. The zero-order chi connectivity index (χ0) is 9.68. The van der Waals surface area contributed by atoms with Gasteiger partial charge in [0.15, 0.2) is 0 Å². The van der Waals surface area contributed by atoms with Crippen molar-refractivity contribution in [3.63, 3.8) is 0 Å². The van der Waals surface area contributed by atoms with Crippen LogP contribution in [0, 0.1) is 0 Å². The Labute approximate surface area is 85.1 Å². The highest BCUT2D eigenvalue weighted by atomic mass is 32.1. The van der Waals surface area contributed by atoms with Gasteiger partial charge in [-0.25, -0.2) is 0 Å². The van der Waals surface area contributed by atoms with Crippen molar-refractivity contribution in [1.82, 2.24) is 0 Å². The first-order valence-electron chi connectivity index (χ1n) is 4.43. The van der Waals surface area contributed by atoms with Crippen LogP contribution < -0.4 is 5.73 Å². The number of nitrogens with two attached hydrogens (primary N) is 1. The second-order valence-corrected chi connectivity index (χ2v) is 3.27. The van der Waals surface area contributed by atoms with Crippen molar-refractivity contribution in [2.45, 2.75) is 13.3 Å². The molecule has 0 saturated carbocycles. The minimum absolute atomic E-state index is 0.746. The second kappa shape index (κ2) is 4.97. The second-order valence-electron chi connectivity index (χ2n) is 2.90. The number of benzene rings is 1. The summed E-state index contributed by atoms with van der Waals surface area (Å²) in [5.74, 6) is 0.746. The third kappa shape index (κ3) is 2.81. The average molecular weight is 193 g/mol. The smallest absolute Gasteiger partial charge is 0.0387 e. The summed E-state index contributed by atoms with van der Waals surface area (Å²) in [6.07, 6.45) is 5.05. The maximum absolute atomic E-state index is 5.81. The molecule has 0 heterocycles. The summed E-state index contributed by atoms with van der Waals surface area (Å²) < 4.78 is 0. The van der Waals surface area contributed by atoms with Gasteiger partial charge in [0.2, 0.25) is 0 Å². The Balaban J connectivity index is 2.97. The van der Waals surface area contributed by atoms with E-state index in [4.69, 9.17) is 5.73 Å². The molecule has 0 amide bonds. The van der Waals surface area contributed by atoms with Gasteiger partial charge in [-0.2, -0.15) is 12.6 Å². The number of hydrogen-bond acceptors (Lipinski definition) is 2. The Morgan fingerprint density at radius 2 is 2.23 bits per heavy atom. The van der Waals surface area contributed by atoms with Crippen LogP contribution in [0.2, 0.25) is 0 Å². The van der Waals surface area contributed by atoms with Crippen molar-refractivity contribution in [3.8, 4) is 0 Å². The minimum atomic E-state index is 0.746. The van der Waals surface area contributed by atoms with Gasteiger partial charge < -0.3 is 5.73 Å². The Morgan fingerprint density at radius 1 is 1.46 bits per heavy atom. The number of aryl methyl sites for hydroxylation is 1. The zero-order valence-corrected chi connectivity index (χ0v) is 8.72. The largest absolute Gasteiger partial charge is 0.398 e. The zero-order valence-electron chi connectivity index (χ0n) is 7.83. The first kappa shape index (κ1) is 10.2. The highest BCUT2D eigenvalue weighted by Crippen LogP contribution is 2.16. The Bertz CT molecular complexity index is 305. The molecule has 0 fully saturated rings. The molecule has 2 heteroatoms. The fourth-order valence-corrected chi connectivity index (χ4v) is 1.27. The van der Waals surface area contributed by atoms with Crippen molar-refractivity contribution in [2.75, 3.05) is 11.5 Å². The van der Waals surface area contributed by atoms with E-state index in [1.807, 2.05) is 18.2 Å². The van der Waals surface area contributed by atoms with Gasteiger partial charge in [-0.15, -0.1) is 0 Å². The van der Waals surface area contributed by atoms with E-state index in [0.29, 0.717) is 0 Å². The van der Waals surface area contributed by atoms with Crippen molar-refractivity contribution >= 4 is 24.4 Å². The summed E-state index contributed by atoms with van der Waals surface area (Å²) in [5, 5.41) is 0. The van der Waals surface area contributed by atoms with E-state index < -0.39 is 0 Å². The lowest BCUT2D eigenvalue weighted by Crippen LogP contribution is -1.91. The molecular formula is C11H15NS. The van der Waals surface area contributed by atoms with Crippen LogP contribution in [0.25, 0.3) is 6.08 Å². The van der Waals surface area contributed by atoms with E-state index in [2.05, 4.69) is 31.7 Å². The molecule has 1 aromatic carbocycles. The van der Waals surface area contributed by atoms with Crippen LogP contribution in [-0.2, 0) is 6.42 Å². The number of hydrogen-bond donors (Lipinski definition) is 2. The fourth-order valence-electron chi connectivity index (χ4n) is 1.17. The lowest BCUT2D eigenvalue weighted by molar-refractivity contribution is 1.14. The fraction of sp³-hybridized carbons (Fsp3) is 0.273. The highest BCUT2D eigenvalue weighted by molar-refractivity contribution is 7.80. The maximum Gasteiger partial charge on any atom is 0.0387 e. The van der Waals surface area contributed by atoms with Gasteiger partial charge in [-0.1, -0.05) is 25.1 Å². The molecule has 1 aromatic rings. The molecule has 0 saturated heterocycles. The van der Waals surface area contributed by atoms with E-state index >= 15 is 0 Å². The number of anilines is 1. The summed E-state index contributed by atoms with van der Waals surface area (Å²) in [4.78, 5) is 0. The van der Waals surface area contributed by atoms with E-state index in [9.17, 15) is 0 Å². The molecule has 1 nitrogen and oxygen atoms in total. The van der Waals surface area contributed by atoms with Crippen LogP contribution in [0.3, 0.4) is 0 Å². The number of nitrogen functional groups attached to an aromatic ring is 1. The third-order valence-corrected chi connectivity index (χ3v) is 2.17. The van der Waals surface area contributed by atoms with Crippen LogP contribution in [0.5, 0.6) is 0 Å². The summed E-state index contributed by atoms with van der Waals surface area (Å²) >= 11 is 4.11. The molecular weight excluding hydrogens is 178 g/mol. The first-order chi connectivity index (χ1) is 6.27. The molecule has 0 bridgehead atoms. The van der Waals surface area contributed by atoms with Crippen molar-refractivity contribution < 1.29 is 0 Å². The summed E-state index contributed by atoms with van der Waals surface area (Å²) in [6, 6.07) is 6.14.